The highest BCUT2D eigenvalue weighted by atomic mass is 16.2. The molecule has 0 bridgehead atoms. The summed E-state index contributed by atoms with van der Waals surface area (Å²) in [5, 5.41) is 11.3. The van der Waals surface area contributed by atoms with E-state index in [1.807, 2.05) is 66.2 Å². The fraction of sp³-hybridized carbons (Fsp3) is 0.290. The summed E-state index contributed by atoms with van der Waals surface area (Å²) in [5.74, 6) is 0.661. The van der Waals surface area contributed by atoms with Gasteiger partial charge in [0.05, 0.1) is 35.8 Å². The minimum absolute atomic E-state index is 0.0979. The van der Waals surface area contributed by atoms with Gasteiger partial charge in [-0.3, -0.25) is 19.2 Å². The smallest absolute Gasteiger partial charge is 0.255 e. The lowest BCUT2D eigenvalue weighted by Gasteiger charge is -2.19. The highest BCUT2D eigenvalue weighted by Crippen LogP contribution is 2.23. The van der Waals surface area contributed by atoms with Gasteiger partial charge in [0.1, 0.15) is 5.82 Å². The standard InChI is InChI=1S/C31H33N7O2/c1-20-6-3-4-8-25(20)31(40)32-13-15-38-28-12-9-22(16-23(28)18-33-38)30(39)34-24-10-11-26-27(17-24)36-29(35-26)19-37-14-5-7-21(37)2/h3-4,6,8-12,16-18,21H,5,7,13-15,19H2,1-2H3,(H,32,40)(H,34,39)(H,35,36)/t21-/m0/s1. The average Bonchev–Trinajstić information content (AvgIpc) is 3.67. The zero-order valence-electron chi connectivity index (χ0n) is 22.8. The van der Waals surface area contributed by atoms with Gasteiger partial charge < -0.3 is 15.6 Å². The highest BCUT2D eigenvalue weighted by Gasteiger charge is 2.21. The van der Waals surface area contributed by atoms with E-state index < -0.39 is 0 Å². The summed E-state index contributed by atoms with van der Waals surface area (Å²) in [6.45, 7) is 7.07. The third-order valence-corrected chi connectivity index (χ3v) is 7.74. The van der Waals surface area contributed by atoms with E-state index in [0.29, 0.717) is 35.9 Å². The molecule has 0 spiro atoms. The number of rotatable bonds is 8. The molecule has 3 heterocycles. The Balaban J connectivity index is 1.09. The average molecular weight is 536 g/mol. The van der Waals surface area contributed by atoms with E-state index in [4.69, 9.17) is 4.98 Å². The Morgan fingerprint density at radius 2 is 1.95 bits per heavy atom. The van der Waals surface area contributed by atoms with Gasteiger partial charge in [0.25, 0.3) is 11.8 Å². The number of aromatic nitrogens is 4. The van der Waals surface area contributed by atoms with Crippen molar-refractivity contribution in [1.82, 2.24) is 30.0 Å². The van der Waals surface area contributed by atoms with Crippen LogP contribution in [-0.4, -0.2) is 55.6 Å². The summed E-state index contributed by atoms with van der Waals surface area (Å²) in [4.78, 5) is 36.1. The molecule has 2 amide bonds. The summed E-state index contributed by atoms with van der Waals surface area (Å²) >= 11 is 0. The molecule has 40 heavy (non-hydrogen) atoms. The van der Waals surface area contributed by atoms with Crippen LogP contribution in [0.4, 0.5) is 5.69 Å². The number of aryl methyl sites for hydroxylation is 1. The van der Waals surface area contributed by atoms with Crippen molar-refractivity contribution >= 4 is 39.4 Å². The van der Waals surface area contributed by atoms with E-state index in [0.717, 1.165) is 46.4 Å². The van der Waals surface area contributed by atoms with Gasteiger partial charge in [-0.2, -0.15) is 5.10 Å². The predicted octanol–water partition coefficient (Wildman–Crippen LogP) is 4.89. The van der Waals surface area contributed by atoms with E-state index in [1.165, 1.54) is 12.8 Å². The first-order valence-electron chi connectivity index (χ1n) is 13.8. The lowest BCUT2D eigenvalue weighted by atomic mass is 10.1. The predicted molar refractivity (Wildman–Crippen MR) is 156 cm³/mol. The quantitative estimate of drug-likeness (QED) is 0.262. The molecule has 3 aromatic carbocycles. The van der Waals surface area contributed by atoms with Crippen LogP contribution in [0.2, 0.25) is 0 Å². The number of likely N-dealkylation sites (tertiary alicyclic amines) is 1. The lowest BCUT2D eigenvalue weighted by Crippen LogP contribution is -2.28. The van der Waals surface area contributed by atoms with Gasteiger partial charge in [-0.15, -0.1) is 0 Å². The number of hydrogen-bond donors (Lipinski definition) is 3. The maximum Gasteiger partial charge on any atom is 0.255 e. The molecule has 0 radical (unpaired) electrons. The molecular weight excluding hydrogens is 502 g/mol. The van der Waals surface area contributed by atoms with Crippen LogP contribution in [0.25, 0.3) is 21.9 Å². The van der Waals surface area contributed by atoms with E-state index >= 15 is 0 Å². The molecule has 1 fully saturated rings. The summed E-state index contributed by atoms with van der Waals surface area (Å²) < 4.78 is 1.84. The van der Waals surface area contributed by atoms with Crippen molar-refractivity contribution in [3.05, 3.63) is 89.4 Å². The van der Waals surface area contributed by atoms with Gasteiger partial charge in [0.15, 0.2) is 0 Å². The second-order valence-electron chi connectivity index (χ2n) is 10.5. The number of fused-ring (bicyclic) bond motifs is 2. The van der Waals surface area contributed by atoms with E-state index in [-0.39, 0.29) is 11.8 Å². The van der Waals surface area contributed by atoms with Crippen molar-refractivity contribution in [1.29, 1.82) is 0 Å². The largest absolute Gasteiger partial charge is 0.350 e. The lowest BCUT2D eigenvalue weighted by molar-refractivity contribution is 0.0950. The third-order valence-electron chi connectivity index (χ3n) is 7.74. The fourth-order valence-corrected chi connectivity index (χ4v) is 5.44. The number of benzene rings is 3. The molecule has 0 saturated carbocycles. The normalized spacial score (nSPS) is 15.6. The number of amides is 2. The summed E-state index contributed by atoms with van der Waals surface area (Å²) in [6.07, 6.45) is 4.21. The Bertz CT molecular complexity index is 1700. The summed E-state index contributed by atoms with van der Waals surface area (Å²) in [7, 11) is 0. The molecule has 2 aromatic heterocycles. The van der Waals surface area contributed by atoms with Gasteiger partial charge in [-0.1, -0.05) is 18.2 Å². The number of nitrogens with one attached hydrogen (secondary N) is 3. The molecule has 3 N–H and O–H groups in total. The van der Waals surface area contributed by atoms with E-state index in [2.05, 4.69) is 32.5 Å². The molecule has 1 aliphatic heterocycles. The Morgan fingerprint density at radius 1 is 1.07 bits per heavy atom. The van der Waals surface area contributed by atoms with Gasteiger partial charge in [-0.05, 0) is 81.3 Å². The number of H-pyrrole nitrogens is 1. The fourth-order valence-electron chi connectivity index (χ4n) is 5.44. The van der Waals surface area contributed by atoms with Gasteiger partial charge in [0.2, 0.25) is 0 Å². The minimum Gasteiger partial charge on any atom is -0.350 e. The van der Waals surface area contributed by atoms with Crippen molar-refractivity contribution in [3.63, 3.8) is 0 Å². The van der Waals surface area contributed by atoms with Crippen LogP contribution in [0.15, 0.2) is 66.9 Å². The van der Waals surface area contributed by atoms with Crippen LogP contribution >= 0.6 is 0 Å². The van der Waals surface area contributed by atoms with Crippen molar-refractivity contribution in [3.8, 4) is 0 Å². The number of nitrogens with zero attached hydrogens (tertiary/aromatic N) is 4. The molecule has 204 valence electrons. The van der Waals surface area contributed by atoms with Crippen LogP contribution in [0, 0.1) is 6.92 Å². The van der Waals surface area contributed by atoms with E-state index in [9.17, 15) is 9.59 Å². The first kappa shape index (κ1) is 25.8. The molecule has 9 heteroatoms. The molecule has 1 atom stereocenters. The molecule has 6 rings (SSSR count). The molecular formula is C31H33N7O2. The topological polar surface area (TPSA) is 108 Å². The maximum absolute atomic E-state index is 13.1. The van der Waals surface area contributed by atoms with Crippen molar-refractivity contribution in [2.45, 2.75) is 45.8 Å². The molecule has 0 aliphatic carbocycles. The monoisotopic (exact) mass is 535 g/mol. The van der Waals surface area contributed by atoms with E-state index in [1.54, 1.807) is 12.3 Å². The summed E-state index contributed by atoms with van der Waals surface area (Å²) in [6, 6.07) is 19.4. The number of aromatic amines is 1. The van der Waals surface area contributed by atoms with Crippen LogP contribution in [0.5, 0.6) is 0 Å². The number of carbonyl (C=O) groups is 2. The Kier molecular flexibility index (Phi) is 7.04. The third kappa shape index (κ3) is 5.33. The highest BCUT2D eigenvalue weighted by molar-refractivity contribution is 6.06. The van der Waals surface area contributed by atoms with Crippen molar-refractivity contribution in [2.24, 2.45) is 0 Å². The zero-order chi connectivity index (χ0) is 27.6. The number of imidazole rings is 1. The Hall–Kier alpha value is -4.50. The minimum atomic E-state index is -0.190. The molecule has 1 aliphatic rings. The Labute approximate surface area is 232 Å². The maximum atomic E-state index is 13.1. The second kappa shape index (κ2) is 10.9. The van der Waals surface area contributed by atoms with Crippen LogP contribution in [0.3, 0.4) is 0 Å². The van der Waals surface area contributed by atoms with Gasteiger partial charge in [-0.25, -0.2) is 4.98 Å². The summed E-state index contributed by atoms with van der Waals surface area (Å²) in [5.41, 5.74) is 5.58. The molecule has 0 unspecified atom stereocenters. The van der Waals surface area contributed by atoms with Crippen molar-refractivity contribution in [2.75, 3.05) is 18.4 Å². The first-order valence-corrected chi connectivity index (χ1v) is 13.8. The van der Waals surface area contributed by atoms with Crippen LogP contribution in [-0.2, 0) is 13.1 Å². The van der Waals surface area contributed by atoms with Crippen LogP contribution < -0.4 is 10.6 Å². The van der Waals surface area contributed by atoms with Crippen LogP contribution in [0.1, 0.15) is 51.9 Å². The van der Waals surface area contributed by atoms with Gasteiger partial charge >= 0.3 is 0 Å². The van der Waals surface area contributed by atoms with Gasteiger partial charge in [0, 0.05) is 34.8 Å². The number of carbonyl (C=O) groups excluding carboxylic acids is 2. The number of anilines is 1. The molecule has 9 nitrogen and oxygen atoms in total. The zero-order valence-corrected chi connectivity index (χ0v) is 22.8. The van der Waals surface area contributed by atoms with Crippen molar-refractivity contribution < 1.29 is 9.59 Å². The number of hydrogen-bond acceptors (Lipinski definition) is 5. The molecule has 1 saturated heterocycles. The second-order valence-corrected chi connectivity index (χ2v) is 10.5. The SMILES string of the molecule is Cc1ccccc1C(=O)NCCn1ncc2cc(C(=O)Nc3ccc4nc(CN5CCC[C@@H]5C)[nH]c4c3)ccc21. The Morgan fingerprint density at radius 3 is 2.77 bits per heavy atom. The first-order chi connectivity index (χ1) is 19.4. The molecule has 5 aromatic rings.